The molecule has 1 aliphatic rings. The fourth-order valence-corrected chi connectivity index (χ4v) is 3.45. The van der Waals surface area contributed by atoms with Gasteiger partial charge in [0.25, 0.3) is 0 Å². The topological polar surface area (TPSA) is 47.7 Å². The molecule has 21 heavy (non-hydrogen) atoms. The normalized spacial score (nSPS) is 19.9. The van der Waals surface area contributed by atoms with Crippen LogP contribution < -0.4 is 5.73 Å². The first-order valence-electron chi connectivity index (χ1n) is 8.49. The smallest absolute Gasteiger partial charge is 0.158 e. The van der Waals surface area contributed by atoms with Gasteiger partial charge < -0.3 is 15.2 Å². The maximum atomic E-state index is 6.19. The molecule has 0 bridgehead atoms. The van der Waals surface area contributed by atoms with E-state index in [1.807, 2.05) is 0 Å². The van der Waals surface area contributed by atoms with E-state index in [2.05, 4.69) is 25.7 Å². The summed E-state index contributed by atoms with van der Waals surface area (Å²) in [6, 6.07) is 0.673. The summed E-state index contributed by atoms with van der Waals surface area (Å²) >= 11 is 0. The summed E-state index contributed by atoms with van der Waals surface area (Å²) in [5.41, 5.74) is 6.13. The molecule has 0 amide bonds. The van der Waals surface area contributed by atoms with Crippen LogP contribution in [0.3, 0.4) is 0 Å². The molecule has 1 saturated carbocycles. The largest absolute Gasteiger partial charge is 0.356 e. The van der Waals surface area contributed by atoms with Crippen LogP contribution in [0.4, 0.5) is 0 Å². The molecule has 4 nitrogen and oxygen atoms in total. The molecule has 0 heterocycles. The van der Waals surface area contributed by atoms with Crippen molar-refractivity contribution in [2.24, 2.45) is 11.7 Å². The molecule has 0 spiro atoms. The van der Waals surface area contributed by atoms with E-state index in [1.165, 1.54) is 32.1 Å². The summed E-state index contributed by atoms with van der Waals surface area (Å²) in [5, 5.41) is 0. The van der Waals surface area contributed by atoms with E-state index in [9.17, 15) is 0 Å². The zero-order valence-corrected chi connectivity index (χ0v) is 14.7. The van der Waals surface area contributed by atoms with Crippen molar-refractivity contribution in [2.75, 3.05) is 27.3 Å². The first kappa shape index (κ1) is 18.9. The van der Waals surface area contributed by atoms with Gasteiger partial charge in [0.15, 0.2) is 6.29 Å². The molecule has 1 fully saturated rings. The van der Waals surface area contributed by atoms with Crippen molar-refractivity contribution in [2.45, 2.75) is 77.2 Å². The molecule has 1 rings (SSSR count). The molecule has 2 N–H and O–H groups in total. The minimum atomic E-state index is -0.179. The Morgan fingerprint density at radius 2 is 1.76 bits per heavy atom. The van der Waals surface area contributed by atoms with Gasteiger partial charge in [-0.1, -0.05) is 26.7 Å². The van der Waals surface area contributed by atoms with Gasteiger partial charge in [0, 0.05) is 38.8 Å². The van der Waals surface area contributed by atoms with Crippen LogP contribution in [0, 0.1) is 5.92 Å². The van der Waals surface area contributed by atoms with Gasteiger partial charge in [0.1, 0.15) is 0 Å². The van der Waals surface area contributed by atoms with Crippen LogP contribution >= 0.6 is 0 Å². The maximum absolute atomic E-state index is 6.19. The lowest BCUT2D eigenvalue weighted by Gasteiger charge is -2.46. The van der Waals surface area contributed by atoms with Crippen molar-refractivity contribution < 1.29 is 9.47 Å². The number of nitrogens with two attached hydrogens (primary N) is 1. The van der Waals surface area contributed by atoms with Crippen molar-refractivity contribution in [1.29, 1.82) is 0 Å². The Labute approximate surface area is 131 Å². The molecule has 126 valence electrons. The molecule has 1 atom stereocenters. The lowest BCUT2D eigenvalue weighted by molar-refractivity contribution is -0.132. The highest BCUT2D eigenvalue weighted by molar-refractivity contribution is 4.93. The Balaban J connectivity index is 2.83. The second-order valence-electron chi connectivity index (χ2n) is 7.12. The number of rotatable bonds is 10. The third-order valence-electron chi connectivity index (χ3n) is 4.98. The SMILES string of the molecule is COC(CC(C)(CN)N(CCC(C)C)C1CCCC1)OC. The quantitative estimate of drug-likeness (QED) is 0.630. The highest BCUT2D eigenvalue weighted by atomic mass is 16.7. The van der Waals surface area contributed by atoms with Gasteiger partial charge in [-0.25, -0.2) is 0 Å². The molecule has 1 aliphatic carbocycles. The number of nitrogens with zero attached hydrogens (tertiary/aromatic N) is 1. The predicted octanol–water partition coefficient (Wildman–Crippen LogP) is 3.00. The number of hydrogen-bond acceptors (Lipinski definition) is 4. The van der Waals surface area contributed by atoms with E-state index in [0.717, 1.165) is 18.9 Å². The third kappa shape index (κ3) is 5.51. The van der Waals surface area contributed by atoms with Crippen LogP contribution in [-0.2, 0) is 9.47 Å². The standard InChI is InChI=1S/C17H36N2O2/c1-14(2)10-11-19(15-8-6-7-9-15)17(3,13-18)12-16(20-4)21-5/h14-16H,6-13,18H2,1-5H3. The molecule has 1 unspecified atom stereocenters. The number of hydrogen-bond donors (Lipinski definition) is 1. The minimum absolute atomic E-state index is 0.0550. The van der Waals surface area contributed by atoms with Crippen molar-refractivity contribution in [3.8, 4) is 0 Å². The van der Waals surface area contributed by atoms with Gasteiger partial charge in [0.05, 0.1) is 0 Å². The molecule has 0 radical (unpaired) electrons. The molecule has 4 heteroatoms. The van der Waals surface area contributed by atoms with Crippen LogP contribution in [-0.4, -0.2) is 50.1 Å². The Kier molecular flexibility index (Phi) is 8.17. The lowest BCUT2D eigenvalue weighted by Crippen LogP contribution is -2.57. The van der Waals surface area contributed by atoms with Gasteiger partial charge in [0.2, 0.25) is 0 Å². The summed E-state index contributed by atoms with van der Waals surface area (Å²) in [5.74, 6) is 0.719. The van der Waals surface area contributed by atoms with Crippen LogP contribution in [0.25, 0.3) is 0 Å². The van der Waals surface area contributed by atoms with E-state index in [4.69, 9.17) is 15.2 Å². The van der Waals surface area contributed by atoms with E-state index >= 15 is 0 Å². The summed E-state index contributed by atoms with van der Waals surface area (Å²) < 4.78 is 10.9. The fourth-order valence-electron chi connectivity index (χ4n) is 3.45. The molecular weight excluding hydrogens is 264 g/mol. The summed E-state index contributed by atoms with van der Waals surface area (Å²) in [6.07, 6.45) is 7.17. The van der Waals surface area contributed by atoms with Gasteiger partial charge in [-0.05, 0) is 38.6 Å². The summed E-state index contributed by atoms with van der Waals surface area (Å²) in [4.78, 5) is 2.66. The fraction of sp³-hybridized carbons (Fsp3) is 1.00. The van der Waals surface area contributed by atoms with E-state index in [1.54, 1.807) is 14.2 Å². The molecule has 0 aliphatic heterocycles. The van der Waals surface area contributed by atoms with Gasteiger partial charge in [-0.2, -0.15) is 0 Å². The highest BCUT2D eigenvalue weighted by Gasteiger charge is 2.38. The van der Waals surface area contributed by atoms with Crippen molar-refractivity contribution in [1.82, 2.24) is 4.90 Å². The summed E-state index contributed by atoms with van der Waals surface area (Å²) in [7, 11) is 3.41. The van der Waals surface area contributed by atoms with Gasteiger partial charge >= 0.3 is 0 Å². The van der Waals surface area contributed by atoms with Crippen LogP contribution in [0.5, 0.6) is 0 Å². The first-order chi connectivity index (χ1) is 9.96. The van der Waals surface area contributed by atoms with Crippen molar-refractivity contribution in [3.05, 3.63) is 0 Å². The summed E-state index contributed by atoms with van der Waals surface area (Å²) in [6.45, 7) is 8.62. The lowest BCUT2D eigenvalue weighted by atomic mass is 9.91. The maximum Gasteiger partial charge on any atom is 0.158 e. The van der Waals surface area contributed by atoms with Crippen molar-refractivity contribution in [3.63, 3.8) is 0 Å². The Hall–Kier alpha value is -0.160. The van der Waals surface area contributed by atoms with Crippen LogP contribution in [0.2, 0.25) is 0 Å². The Morgan fingerprint density at radius 3 is 2.19 bits per heavy atom. The molecule has 0 aromatic carbocycles. The minimum Gasteiger partial charge on any atom is -0.356 e. The average molecular weight is 300 g/mol. The van der Waals surface area contributed by atoms with E-state index < -0.39 is 0 Å². The number of methoxy groups -OCH3 is 2. The Bertz CT molecular complexity index is 276. The second kappa shape index (κ2) is 9.09. The zero-order chi connectivity index (χ0) is 15.9. The molecular formula is C17H36N2O2. The van der Waals surface area contributed by atoms with E-state index in [0.29, 0.717) is 12.6 Å². The first-order valence-corrected chi connectivity index (χ1v) is 8.49. The highest BCUT2D eigenvalue weighted by Crippen LogP contribution is 2.32. The van der Waals surface area contributed by atoms with Gasteiger partial charge in [-0.15, -0.1) is 0 Å². The van der Waals surface area contributed by atoms with E-state index in [-0.39, 0.29) is 11.8 Å². The van der Waals surface area contributed by atoms with Crippen molar-refractivity contribution >= 4 is 0 Å². The van der Waals surface area contributed by atoms with Crippen LogP contribution in [0.1, 0.15) is 59.3 Å². The third-order valence-corrected chi connectivity index (χ3v) is 4.98. The molecule has 0 saturated heterocycles. The Morgan fingerprint density at radius 1 is 1.19 bits per heavy atom. The zero-order valence-electron chi connectivity index (χ0n) is 14.7. The molecule has 0 aromatic rings. The number of ether oxygens (including phenoxy) is 2. The monoisotopic (exact) mass is 300 g/mol. The van der Waals surface area contributed by atoms with Gasteiger partial charge in [-0.3, -0.25) is 4.90 Å². The predicted molar refractivity (Wildman–Crippen MR) is 88.3 cm³/mol. The second-order valence-corrected chi connectivity index (χ2v) is 7.12. The molecule has 0 aromatic heterocycles. The average Bonchev–Trinajstić information content (AvgIpc) is 2.98. The van der Waals surface area contributed by atoms with Crippen LogP contribution in [0.15, 0.2) is 0 Å².